The number of hydrogen-bond acceptors (Lipinski definition) is 4. The van der Waals surface area contributed by atoms with Crippen LogP contribution in [0.25, 0.3) is 0 Å². The van der Waals surface area contributed by atoms with E-state index in [0.29, 0.717) is 13.0 Å². The molecule has 5 heteroatoms. The molecule has 0 saturated carbocycles. The Morgan fingerprint density at radius 1 is 1.35 bits per heavy atom. The molecule has 1 fully saturated rings. The average Bonchev–Trinajstić information content (AvgIpc) is 2.66. The van der Waals surface area contributed by atoms with Gasteiger partial charge >= 0.3 is 5.97 Å². The fourth-order valence-electron chi connectivity index (χ4n) is 2.36. The Bertz CT molecular complexity index is 326. The molecule has 5 nitrogen and oxygen atoms in total. The van der Waals surface area contributed by atoms with Gasteiger partial charge in [0.2, 0.25) is 5.91 Å². The molecule has 1 saturated heterocycles. The van der Waals surface area contributed by atoms with Crippen LogP contribution in [0.4, 0.5) is 0 Å². The Morgan fingerprint density at radius 2 is 2.00 bits per heavy atom. The fourth-order valence-corrected chi connectivity index (χ4v) is 2.36. The number of esters is 1. The van der Waals surface area contributed by atoms with Gasteiger partial charge in [-0.2, -0.15) is 0 Å². The molecule has 1 amide bonds. The summed E-state index contributed by atoms with van der Waals surface area (Å²) in [7, 11) is 0. The lowest BCUT2D eigenvalue weighted by atomic mass is 9.94. The minimum Gasteiger partial charge on any atom is -0.465 e. The second-order valence-corrected chi connectivity index (χ2v) is 4.26. The zero-order chi connectivity index (χ0) is 13.0. The van der Waals surface area contributed by atoms with Gasteiger partial charge in [0, 0.05) is 13.5 Å². The van der Waals surface area contributed by atoms with E-state index in [2.05, 4.69) is 0 Å². The largest absolute Gasteiger partial charge is 0.465 e. The Balaban J connectivity index is 2.87. The molecule has 0 aliphatic carbocycles. The minimum absolute atomic E-state index is 0.0944. The van der Waals surface area contributed by atoms with E-state index in [1.54, 1.807) is 11.8 Å². The van der Waals surface area contributed by atoms with Gasteiger partial charge in [0.25, 0.3) is 0 Å². The van der Waals surface area contributed by atoms with Gasteiger partial charge in [0.15, 0.2) is 0 Å². The molecule has 96 valence electrons. The van der Waals surface area contributed by atoms with E-state index in [4.69, 9.17) is 4.74 Å². The summed E-state index contributed by atoms with van der Waals surface area (Å²) in [4.78, 5) is 36.4. The molecule has 0 aromatic heterocycles. The summed E-state index contributed by atoms with van der Waals surface area (Å²) in [5.74, 6) is -1.68. The molecular weight excluding hydrogens is 222 g/mol. The van der Waals surface area contributed by atoms with Gasteiger partial charge in [-0.3, -0.25) is 14.4 Å². The van der Waals surface area contributed by atoms with Gasteiger partial charge < -0.3 is 9.64 Å². The molecule has 1 rings (SSSR count). The predicted molar refractivity (Wildman–Crippen MR) is 61.2 cm³/mol. The average molecular weight is 241 g/mol. The van der Waals surface area contributed by atoms with Gasteiger partial charge in [-0.25, -0.2) is 0 Å². The number of ketones is 1. The third-order valence-electron chi connectivity index (χ3n) is 3.07. The second kappa shape index (κ2) is 5.80. The highest BCUT2D eigenvalue weighted by atomic mass is 16.5. The van der Waals surface area contributed by atoms with Gasteiger partial charge in [-0.05, 0) is 26.7 Å². The predicted octanol–water partition coefficient (Wildman–Crippen LogP) is 0.766. The molecule has 1 aliphatic heterocycles. The molecular formula is C12H19NO4. The second-order valence-electron chi connectivity index (χ2n) is 4.26. The first kappa shape index (κ1) is 13.7. The summed E-state index contributed by atoms with van der Waals surface area (Å²) in [6.07, 6.45) is 1.51. The molecule has 17 heavy (non-hydrogen) atoms. The van der Waals surface area contributed by atoms with Crippen molar-refractivity contribution in [3.8, 4) is 0 Å². The lowest BCUT2D eigenvalue weighted by molar-refractivity contribution is -0.154. The summed E-state index contributed by atoms with van der Waals surface area (Å²) in [6, 6.07) is -0.330. The number of carbonyl (C=O) groups is 3. The quantitative estimate of drug-likeness (QED) is 0.538. The van der Waals surface area contributed by atoms with Crippen LogP contribution in [-0.2, 0) is 19.1 Å². The Kier molecular flexibility index (Phi) is 4.66. The van der Waals surface area contributed by atoms with Crippen molar-refractivity contribution in [2.45, 2.75) is 39.7 Å². The van der Waals surface area contributed by atoms with Crippen molar-refractivity contribution in [3.05, 3.63) is 0 Å². The molecule has 2 atom stereocenters. The van der Waals surface area contributed by atoms with Crippen molar-refractivity contribution < 1.29 is 19.1 Å². The van der Waals surface area contributed by atoms with Crippen LogP contribution in [0.3, 0.4) is 0 Å². The van der Waals surface area contributed by atoms with Crippen molar-refractivity contribution >= 4 is 17.7 Å². The van der Waals surface area contributed by atoms with Crippen LogP contribution < -0.4 is 0 Å². The zero-order valence-electron chi connectivity index (χ0n) is 10.6. The first-order valence-electron chi connectivity index (χ1n) is 5.93. The van der Waals surface area contributed by atoms with Crippen molar-refractivity contribution in [3.63, 3.8) is 0 Å². The van der Waals surface area contributed by atoms with E-state index in [-0.39, 0.29) is 24.3 Å². The first-order valence-corrected chi connectivity index (χ1v) is 5.93. The van der Waals surface area contributed by atoms with Crippen molar-refractivity contribution in [1.82, 2.24) is 4.90 Å². The maximum atomic E-state index is 11.8. The monoisotopic (exact) mass is 241 g/mol. The third-order valence-corrected chi connectivity index (χ3v) is 3.07. The van der Waals surface area contributed by atoms with Crippen LogP contribution in [0.5, 0.6) is 0 Å². The third kappa shape index (κ3) is 3.05. The molecule has 0 aromatic carbocycles. The number of nitrogens with zero attached hydrogens (tertiary/aromatic N) is 1. The number of carbonyl (C=O) groups excluding carboxylic acids is 3. The van der Waals surface area contributed by atoms with E-state index >= 15 is 0 Å². The number of hydrogen-bond donors (Lipinski definition) is 0. The highest BCUT2D eigenvalue weighted by Crippen LogP contribution is 2.25. The summed E-state index contributed by atoms with van der Waals surface area (Å²) >= 11 is 0. The smallest absolute Gasteiger partial charge is 0.318 e. The Hall–Kier alpha value is -1.39. The van der Waals surface area contributed by atoms with E-state index in [1.807, 2.05) is 0 Å². The first-order chi connectivity index (χ1) is 7.99. The fraction of sp³-hybridized carbons (Fsp3) is 0.750. The summed E-state index contributed by atoms with van der Waals surface area (Å²) in [5.41, 5.74) is 0. The number of amides is 1. The molecule has 0 bridgehead atoms. The van der Waals surface area contributed by atoms with Crippen LogP contribution in [0, 0.1) is 5.92 Å². The van der Waals surface area contributed by atoms with Crippen molar-refractivity contribution in [1.29, 1.82) is 0 Å². The van der Waals surface area contributed by atoms with Crippen LogP contribution in [0.1, 0.15) is 33.6 Å². The van der Waals surface area contributed by atoms with E-state index in [1.165, 1.54) is 13.8 Å². The molecule has 0 spiro atoms. The standard InChI is InChI=1S/C12H19NO4/c1-4-17-12(16)11(8(2)14)10-6-5-7-13(10)9(3)15/h10-11H,4-7H2,1-3H3. The highest BCUT2D eigenvalue weighted by Gasteiger charge is 2.40. The van der Waals surface area contributed by atoms with Crippen LogP contribution in [0.15, 0.2) is 0 Å². The summed E-state index contributed by atoms with van der Waals surface area (Å²) in [6.45, 7) is 5.39. The van der Waals surface area contributed by atoms with Crippen molar-refractivity contribution in [2.24, 2.45) is 5.92 Å². The lowest BCUT2D eigenvalue weighted by Crippen LogP contribution is -2.45. The Labute approximate surface area is 101 Å². The molecule has 1 aliphatic rings. The van der Waals surface area contributed by atoms with E-state index < -0.39 is 11.9 Å². The molecule has 1 heterocycles. The van der Waals surface area contributed by atoms with Crippen molar-refractivity contribution in [2.75, 3.05) is 13.2 Å². The number of rotatable bonds is 4. The highest BCUT2D eigenvalue weighted by molar-refractivity contribution is 5.99. The maximum Gasteiger partial charge on any atom is 0.318 e. The van der Waals surface area contributed by atoms with Crippen LogP contribution >= 0.6 is 0 Å². The topological polar surface area (TPSA) is 63.7 Å². The van der Waals surface area contributed by atoms with Gasteiger partial charge in [-0.1, -0.05) is 0 Å². The molecule has 2 unspecified atom stereocenters. The normalized spacial score (nSPS) is 21.1. The minimum atomic E-state index is -0.832. The number of likely N-dealkylation sites (tertiary alicyclic amines) is 1. The van der Waals surface area contributed by atoms with Crippen LogP contribution in [-0.4, -0.2) is 41.8 Å². The zero-order valence-corrected chi connectivity index (χ0v) is 10.6. The molecule has 0 radical (unpaired) electrons. The van der Waals surface area contributed by atoms with Gasteiger partial charge in [-0.15, -0.1) is 0 Å². The van der Waals surface area contributed by atoms with Crippen LogP contribution in [0.2, 0.25) is 0 Å². The molecule has 0 N–H and O–H groups in total. The number of Topliss-reactive ketones (excluding diaryl/α,β-unsaturated/α-hetero) is 1. The van der Waals surface area contributed by atoms with E-state index in [0.717, 1.165) is 6.42 Å². The molecule has 0 aromatic rings. The Morgan fingerprint density at radius 3 is 2.47 bits per heavy atom. The van der Waals surface area contributed by atoms with Gasteiger partial charge in [0.05, 0.1) is 12.6 Å². The summed E-state index contributed by atoms with van der Waals surface area (Å²) < 4.78 is 4.91. The van der Waals surface area contributed by atoms with Gasteiger partial charge in [0.1, 0.15) is 11.7 Å². The summed E-state index contributed by atoms with van der Waals surface area (Å²) in [5, 5.41) is 0. The maximum absolute atomic E-state index is 11.8. The number of ether oxygens (including phenoxy) is 1. The lowest BCUT2D eigenvalue weighted by Gasteiger charge is -2.28. The van der Waals surface area contributed by atoms with E-state index in [9.17, 15) is 14.4 Å². The SMILES string of the molecule is CCOC(=O)C(C(C)=O)C1CCCN1C(C)=O.